The molecule has 0 bridgehead atoms. The number of allylic oxidation sites excluding steroid dienone is 8. The van der Waals surface area contributed by atoms with E-state index in [4.69, 9.17) is 5.11 Å². The standard InChI is InChI=1S/C6H12O.4C6H10/c7-6-4-2-1-3-5-6;3*1-6-4-2-3-5-6;1-2-4-6-5-3-1/h6-7H,1-5H2;4H,2-3,5H2,1H3;2,4,6H,3,5H2,1H3;2-3,6H,4-5H2,1H3;1-2H,3-6H2. The fourth-order valence-electron chi connectivity index (χ4n) is 4.21. The molecule has 5 aliphatic rings. The molecule has 1 atom stereocenters. The average molecular weight is 429 g/mol. The van der Waals surface area contributed by atoms with Crippen LogP contribution in [0.5, 0.6) is 0 Å². The van der Waals surface area contributed by atoms with Gasteiger partial charge in [-0.3, -0.25) is 0 Å². The van der Waals surface area contributed by atoms with E-state index in [1.165, 1.54) is 89.9 Å². The molecule has 1 nitrogen and oxygen atoms in total. The first-order chi connectivity index (χ1) is 15.1. The normalized spacial score (nSPS) is 24.5. The maximum atomic E-state index is 8.91. The van der Waals surface area contributed by atoms with E-state index in [-0.39, 0.29) is 6.10 Å². The van der Waals surface area contributed by atoms with Gasteiger partial charge in [-0.25, -0.2) is 0 Å². The Labute approximate surface area is 194 Å². The highest BCUT2D eigenvalue weighted by atomic mass is 16.3. The largest absolute Gasteiger partial charge is 0.393 e. The van der Waals surface area contributed by atoms with Crippen LogP contribution in [0.3, 0.4) is 0 Å². The molecule has 1 fully saturated rings. The molecule has 0 aromatic carbocycles. The second kappa shape index (κ2) is 19.6. The lowest BCUT2D eigenvalue weighted by molar-refractivity contribution is 0.130. The van der Waals surface area contributed by atoms with Gasteiger partial charge < -0.3 is 5.11 Å². The van der Waals surface area contributed by atoms with Crippen LogP contribution in [0.2, 0.25) is 0 Å². The van der Waals surface area contributed by atoms with Gasteiger partial charge in [-0.15, -0.1) is 0 Å². The van der Waals surface area contributed by atoms with Crippen LogP contribution in [0.1, 0.15) is 124 Å². The third-order valence-electron chi connectivity index (χ3n) is 6.50. The van der Waals surface area contributed by atoms with Crippen molar-refractivity contribution in [3.05, 3.63) is 48.1 Å². The smallest absolute Gasteiger partial charge is 0.0540 e. The predicted octanol–water partition coefficient (Wildman–Crippen LogP) is 9.49. The van der Waals surface area contributed by atoms with Gasteiger partial charge in [0, 0.05) is 0 Å². The maximum absolute atomic E-state index is 8.91. The van der Waals surface area contributed by atoms with Gasteiger partial charge >= 0.3 is 0 Å². The van der Waals surface area contributed by atoms with Crippen molar-refractivity contribution < 1.29 is 5.11 Å². The van der Waals surface area contributed by atoms with Gasteiger partial charge in [0.25, 0.3) is 0 Å². The van der Waals surface area contributed by atoms with E-state index < -0.39 is 0 Å². The SMILES string of the molecule is C1=CCCCC1.CC1=CCCC1.CC1C=CCC1.CC1CC=CC1.OC1CCCCC1. The summed E-state index contributed by atoms with van der Waals surface area (Å²) in [6.45, 7) is 6.73. The van der Waals surface area contributed by atoms with Crippen molar-refractivity contribution in [1.82, 2.24) is 0 Å². The molecule has 31 heavy (non-hydrogen) atoms. The highest BCUT2D eigenvalue weighted by Gasteiger charge is 2.07. The van der Waals surface area contributed by atoms with E-state index in [1.807, 2.05) is 0 Å². The molecule has 0 aliphatic heterocycles. The molecule has 5 rings (SSSR count). The first-order valence-corrected chi connectivity index (χ1v) is 13.4. The Morgan fingerprint density at radius 1 is 0.677 bits per heavy atom. The molecule has 1 saturated carbocycles. The monoisotopic (exact) mass is 428 g/mol. The number of hydrogen-bond acceptors (Lipinski definition) is 1. The van der Waals surface area contributed by atoms with Crippen molar-refractivity contribution in [2.24, 2.45) is 11.8 Å². The van der Waals surface area contributed by atoms with E-state index in [1.54, 1.807) is 5.57 Å². The predicted molar refractivity (Wildman–Crippen MR) is 139 cm³/mol. The lowest BCUT2D eigenvalue weighted by Crippen LogP contribution is -2.09. The van der Waals surface area contributed by atoms with Crippen molar-refractivity contribution in [3.8, 4) is 0 Å². The highest BCUT2D eigenvalue weighted by Crippen LogP contribution is 2.17. The molecule has 5 aliphatic carbocycles. The summed E-state index contributed by atoms with van der Waals surface area (Å²) in [5.41, 5.74) is 1.58. The van der Waals surface area contributed by atoms with Crippen molar-refractivity contribution in [1.29, 1.82) is 0 Å². The summed E-state index contributed by atoms with van der Waals surface area (Å²) in [5, 5.41) is 8.91. The number of aliphatic hydroxyl groups is 1. The minimum Gasteiger partial charge on any atom is -0.393 e. The van der Waals surface area contributed by atoms with E-state index in [0.717, 1.165) is 24.7 Å². The molecular weight excluding hydrogens is 376 g/mol. The molecule has 0 spiro atoms. The van der Waals surface area contributed by atoms with Crippen LogP contribution in [-0.4, -0.2) is 11.2 Å². The minimum atomic E-state index is 0.0359. The third-order valence-corrected chi connectivity index (χ3v) is 6.50. The van der Waals surface area contributed by atoms with Crippen molar-refractivity contribution >= 4 is 0 Å². The summed E-state index contributed by atoms with van der Waals surface area (Å²) in [5.74, 6) is 1.80. The zero-order valence-electron chi connectivity index (χ0n) is 21.0. The van der Waals surface area contributed by atoms with Gasteiger partial charge in [0.2, 0.25) is 0 Å². The zero-order valence-corrected chi connectivity index (χ0v) is 21.0. The molecule has 0 aromatic rings. The molecular formula is C30H52O. The summed E-state index contributed by atoms with van der Waals surface area (Å²) in [6.07, 6.45) is 36.6. The Morgan fingerprint density at radius 2 is 1.32 bits per heavy atom. The second-order valence-electron chi connectivity index (χ2n) is 10.0. The molecule has 0 amide bonds. The molecule has 1 unspecified atom stereocenters. The Bertz CT molecular complexity index is 503. The topological polar surface area (TPSA) is 20.2 Å². The summed E-state index contributed by atoms with van der Waals surface area (Å²) in [6, 6.07) is 0. The molecule has 0 aromatic heterocycles. The molecule has 1 heteroatoms. The fourth-order valence-corrected chi connectivity index (χ4v) is 4.21. The molecule has 0 saturated heterocycles. The van der Waals surface area contributed by atoms with Gasteiger partial charge in [-0.2, -0.15) is 0 Å². The van der Waals surface area contributed by atoms with E-state index in [9.17, 15) is 0 Å². The lowest BCUT2D eigenvalue weighted by atomic mass is 9.98. The molecule has 0 heterocycles. The first kappa shape index (κ1) is 28.0. The quantitative estimate of drug-likeness (QED) is 0.381. The molecule has 1 N–H and O–H groups in total. The van der Waals surface area contributed by atoms with Crippen LogP contribution >= 0.6 is 0 Å². The first-order valence-electron chi connectivity index (χ1n) is 13.4. The van der Waals surface area contributed by atoms with Gasteiger partial charge in [-0.05, 0) is 102 Å². The lowest BCUT2D eigenvalue weighted by Gasteiger charge is -2.14. The van der Waals surface area contributed by atoms with Crippen molar-refractivity contribution in [2.45, 2.75) is 130 Å². The van der Waals surface area contributed by atoms with Gasteiger partial charge in [-0.1, -0.05) is 81.2 Å². The Kier molecular flexibility index (Phi) is 17.7. The minimum absolute atomic E-state index is 0.0359. The molecule has 0 radical (unpaired) electrons. The maximum Gasteiger partial charge on any atom is 0.0540 e. The van der Waals surface area contributed by atoms with Crippen LogP contribution in [-0.2, 0) is 0 Å². The van der Waals surface area contributed by atoms with Crippen molar-refractivity contribution in [3.63, 3.8) is 0 Å². The summed E-state index contributed by atoms with van der Waals surface area (Å²) < 4.78 is 0. The molecule has 178 valence electrons. The summed E-state index contributed by atoms with van der Waals surface area (Å²) in [7, 11) is 0. The van der Waals surface area contributed by atoms with Crippen LogP contribution in [0, 0.1) is 11.8 Å². The van der Waals surface area contributed by atoms with E-state index in [0.29, 0.717) is 0 Å². The number of hydrogen-bond donors (Lipinski definition) is 1. The zero-order chi connectivity index (χ0) is 22.6. The average Bonchev–Trinajstić information content (AvgIpc) is 3.57. The number of aliphatic hydroxyl groups excluding tert-OH is 1. The van der Waals surface area contributed by atoms with E-state index >= 15 is 0 Å². The van der Waals surface area contributed by atoms with Crippen molar-refractivity contribution in [2.75, 3.05) is 0 Å². The highest BCUT2D eigenvalue weighted by molar-refractivity contribution is 5.03. The Morgan fingerprint density at radius 3 is 1.52 bits per heavy atom. The second-order valence-corrected chi connectivity index (χ2v) is 10.0. The third kappa shape index (κ3) is 18.2. The van der Waals surface area contributed by atoms with Crippen LogP contribution in [0.25, 0.3) is 0 Å². The van der Waals surface area contributed by atoms with E-state index in [2.05, 4.69) is 63.3 Å². The Balaban J connectivity index is 0.000000194. The van der Waals surface area contributed by atoms with Crippen LogP contribution in [0.15, 0.2) is 48.1 Å². The van der Waals surface area contributed by atoms with Gasteiger partial charge in [0.15, 0.2) is 0 Å². The number of rotatable bonds is 0. The van der Waals surface area contributed by atoms with Crippen LogP contribution < -0.4 is 0 Å². The Hall–Kier alpha value is -1.08. The van der Waals surface area contributed by atoms with Gasteiger partial charge in [0.05, 0.1) is 6.10 Å². The summed E-state index contributed by atoms with van der Waals surface area (Å²) in [4.78, 5) is 0. The fraction of sp³-hybridized carbons (Fsp3) is 0.733. The summed E-state index contributed by atoms with van der Waals surface area (Å²) >= 11 is 0. The van der Waals surface area contributed by atoms with Gasteiger partial charge in [0.1, 0.15) is 0 Å². The van der Waals surface area contributed by atoms with Crippen LogP contribution in [0.4, 0.5) is 0 Å².